The topological polar surface area (TPSA) is 100 Å². The fraction of sp³-hybridized carbons (Fsp3) is 0.618. The molecule has 0 aromatic heterocycles. The van der Waals surface area contributed by atoms with Crippen LogP contribution in [0.3, 0.4) is 0 Å². The lowest BCUT2D eigenvalue weighted by molar-refractivity contribution is 0.153. The van der Waals surface area contributed by atoms with Gasteiger partial charge in [-0.3, -0.25) is 5.32 Å². The number of hydrogen-bond acceptors (Lipinski definition) is 7. The number of nitrogens with zero attached hydrogens (tertiary/aromatic N) is 1. The molecule has 0 saturated carbocycles. The van der Waals surface area contributed by atoms with Crippen LogP contribution in [-0.4, -0.2) is 49.7 Å². The number of aliphatic hydroxyl groups is 1. The second kappa shape index (κ2) is 20.7. The van der Waals surface area contributed by atoms with Crippen molar-refractivity contribution in [1.82, 2.24) is 0 Å². The quantitative estimate of drug-likeness (QED) is 0.119. The van der Waals surface area contributed by atoms with Gasteiger partial charge in [-0.1, -0.05) is 77.6 Å². The average molecular weight is 587 g/mol. The number of methoxy groups -OCH3 is 1. The smallest absolute Gasteiger partial charge is 0.411 e. The highest BCUT2D eigenvalue weighted by Gasteiger charge is 2.15. The zero-order valence-electron chi connectivity index (χ0n) is 26.4. The van der Waals surface area contributed by atoms with E-state index in [0.717, 1.165) is 30.6 Å². The minimum Gasteiger partial charge on any atom is -0.504 e. The van der Waals surface area contributed by atoms with Crippen LogP contribution in [0.1, 0.15) is 102 Å². The van der Waals surface area contributed by atoms with Crippen LogP contribution >= 0.6 is 0 Å². The number of hydrogen-bond donors (Lipinski definition) is 3. The largest absolute Gasteiger partial charge is 0.504 e. The number of aliphatic hydroxyl groups excluding tert-OH is 1. The summed E-state index contributed by atoms with van der Waals surface area (Å²) in [6.45, 7) is 8.07. The minimum absolute atomic E-state index is 0.0380. The number of likely N-dealkylation sites (N-methyl/N-ethyl adjacent to an activating group) is 1. The van der Waals surface area contributed by atoms with Crippen molar-refractivity contribution < 1.29 is 29.2 Å². The maximum absolute atomic E-state index is 12.6. The number of phenols is 1. The number of aromatic hydroxyl groups is 1. The molecule has 0 aliphatic carbocycles. The lowest BCUT2D eigenvalue weighted by Crippen LogP contribution is -2.26. The van der Waals surface area contributed by atoms with Gasteiger partial charge in [0.2, 0.25) is 0 Å². The number of benzene rings is 2. The first-order valence-electron chi connectivity index (χ1n) is 15.9. The molecule has 0 aliphatic rings. The number of ether oxygens (including phenoxy) is 3. The van der Waals surface area contributed by atoms with E-state index in [1.54, 1.807) is 6.07 Å². The van der Waals surface area contributed by atoms with Gasteiger partial charge in [-0.15, -0.1) is 0 Å². The Kier molecular flexibility index (Phi) is 17.3. The van der Waals surface area contributed by atoms with Gasteiger partial charge in [0.05, 0.1) is 20.3 Å². The molecule has 0 heterocycles. The maximum Gasteiger partial charge on any atom is 0.411 e. The highest BCUT2D eigenvalue weighted by atomic mass is 16.5. The van der Waals surface area contributed by atoms with Crippen LogP contribution in [0.2, 0.25) is 0 Å². The molecular formula is C34H54N2O6. The molecule has 2 rings (SSSR count). The van der Waals surface area contributed by atoms with Crippen molar-refractivity contribution >= 4 is 17.5 Å². The Morgan fingerprint density at radius 2 is 1.52 bits per heavy atom. The van der Waals surface area contributed by atoms with Crippen molar-refractivity contribution in [3.63, 3.8) is 0 Å². The van der Waals surface area contributed by atoms with Gasteiger partial charge in [0.15, 0.2) is 11.5 Å². The average Bonchev–Trinajstić information content (AvgIpc) is 2.98. The fourth-order valence-corrected chi connectivity index (χ4v) is 4.99. The molecule has 1 amide bonds. The van der Waals surface area contributed by atoms with Gasteiger partial charge in [0, 0.05) is 36.1 Å². The molecule has 2 aromatic rings. The highest BCUT2D eigenvalue weighted by molar-refractivity contribution is 5.86. The Morgan fingerprint density at radius 3 is 2.10 bits per heavy atom. The van der Waals surface area contributed by atoms with E-state index in [1.165, 1.54) is 77.4 Å². The Balaban J connectivity index is 1.80. The standard InChI is InChI=1S/C34H54N2O6/c1-5-7-8-9-10-11-12-13-14-15-16-17-22-41-32-25-33(40-4)31(38)24-28(32)26-42-34(39)35-30-19-18-29(23-27(30)3)36(6-2)20-21-37/h18-19,23-25,37-38H,5-17,20-22,26H2,1-4H3,(H,35,39). The first kappa shape index (κ1) is 35.1. The van der Waals surface area contributed by atoms with Gasteiger partial charge >= 0.3 is 6.09 Å². The third kappa shape index (κ3) is 12.8. The molecule has 3 N–H and O–H groups in total. The molecular weight excluding hydrogens is 532 g/mol. The van der Waals surface area contributed by atoms with Crippen molar-refractivity contribution in [2.75, 3.05) is 43.6 Å². The summed E-state index contributed by atoms with van der Waals surface area (Å²) in [5, 5.41) is 22.4. The lowest BCUT2D eigenvalue weighted by atomic mass is 10.1. The molecule has 0 radical (unpaired) electrons. The number of carbonyl (C=O) groups is 1. The Bertz CT molecular complexity index is 1040. The molecule has 236 valence electrons. The van der Waals surface area contributed by atoms with Gasteiger partial charge < -0.3 is 29.3 Å². The normalized spacial score (nSPS) is 10.9. The molecule has 0 atom stereocenters. The fourth-order valence-electron chi connectivity index (χ4n) is 4.99. The first-order valence-corrected chi connectivity index (χ1v) is 15.9. The van der Waals surface area contributed by atoms with E-state index >= 15 is 0 Å². The van der Waals surface area contributed by atoms with Gasteiger partial charge in [-0.05, 0) is 50.1 Å². The van der Waals surface area contributed by atoms with Gasteiger partial charge in [0.25, 0.3) is 0 Å². The number of amides is 1. The van der Waals surface area contributed by atoms with Crippen LogP contribution in [0.4, 0.5) is 16.2 Å². The Hall–Kier alpha value is -3.13. The second-order valence-corrected chi connectivity index (χ2v) is 10.9. The molecule has 42 heavy (non-hydrogen) atoms. The van der Waals surface area contributed by atoms with Crippen LogP contribution in [-0.2, 0) is 11.3 Å². The predicted octanol–water partition coefficient (Wildman–Crippen LogP) is 8.36. The summed E-state index contributed by atoms with van der Waals surface area (Å²) in [4.78, 5) is 14.7. The molecule has 2 aromatic carbocycles. The number of phenolic OH excluding ortho intramolecular Hbond substituents is 1. The molecule has 0 aliphatic heterocycles. The third-order valence-electron chi connectivity index (χ3n) is 7.54. The summed E-state index contributed by atoms with van der Waals surface area (Å²) >= 11 is 0. The number of aryl methyl sites for hydroxylation is 1. The molecule has 0 bridgehead atoms. The number of anilines is 2. The number of nitrogens with one attached hydrogen (secondary N) is 1. The van der Waals surface area contributed by atoms with Crippen LogP contribution in [0.5, 0.6) is 17.2 Å². The van der Waals surface area contributed by atoms with E-state index in [9.17, 15) is 15.0 Å². The first-order chi connectivity index (χ1) is 20.4. The van der Waals surface area contributed by atoms with E-state index < -0.39 is 6.09 Å². The number of rotatable bonds is 22. The maximum atomic E-state index is 12.6. The summed E-state index contributed by atoms with van der Waals surface area (Å²) in [6.07, 6.45) is 14.7. The summed E-state index contributed by atoms with van der Waals surface area (Å²) in [6, 6.07) is 8.86. The van der Waals surface area contributed by atoms with Crippen molar-refractivity contribution in [3.8, 4) is 17.2 Å². The van der Waals surface area contributed by atoms with Gasteiger partial charge in [-0.25, -0.2) is 4.79 Å². The lowest BCUT2D eigenvalue weighted by Gasteiger charge is -2.23. The molecule has 8 heteroatoms. The summed E-state index contributed by atoms with van der Waals surface area (Å²) in [7, 11) is 1.49. The number of carbonyl (C=O) groups excluding carboxylic acids is 1. The summed E-state index contributed by atoms with van der Waals surface area (Å²) < 4.78 is 16.8. The Morgan fingerprint density at radius 1 is 0.881 bits per heavy atom. The predicted molar refractivity (Wildman–Crippen MR) is 171 cm³/mol. The summed E-state index contributed by atoms with van der Waals surface area (Å²) in [5.74, 6) is 0.805. The highest BCUT2D eigenvalue weighted by Crippen LogP contribution is 2.34. The van der Waals surface area contributed by atoms with Gasteiger partial charge in [0.1, 0.15) is 12.4 Å². The van der Waals surface area contributed by atoms with Crippen molar-refractivity contribution in [1.29, 1.82) is 0 Å². The molecule has 0 fully saturated rings. The van der Waals surface area contributed by atoms with Crippen molar-refractivity contribution in [2.24, 2.45) is 0 Å². The molecule has 8 nitrogen and oxygen atoms in total. The van der Waals surface area contributed by atoms with Gasteiger partial charge in [-0.2, -0.15) is 0 Å². The summed E-state index contributed by atoms with van der Waals surface area (Å²) in [5.41, 5.74) is 3.07. The monoisotopic (exact) mass is 586 g/mol. The van der Waals surface area contributed by atoms with E-state index in [-0.39, 0.29) is 19.0 Å². The van der Waals surface area contributed by atoms with E-state index in [2.05, 4.69) is 17.1 Å². The van der Waals surface area contributed by atoms with Crippen LogP contribution in [0, 0.1) is 6.92 Å². The molecule has 0 spiro atoms. The molecule has 0 saturated heterocycles. The SMILES string of the molecule is CCCCCCCCCCCCCCOc1cc(OC)c(O)cc1COC(=O)Nc1ccc(N(CC)CCO)cc1C. The minimum atomic E-state index is -0.601. The van der Waals surface area contributed by atoms with E-state index in [4.69, 9.17) is 14.2 Å². The third-order valence-corrected chi connectivity index (χ3v) is 7.54. The van der Waals surface area contributed by atoms with E-state index in [0.29, 0.717) is 35.9 Å². The van der Waals surface area contributed by atoms with Crippen molar-refractivity contribution in [3.05, 3.63) is 41.5 Å². The Labute approximate surface area is 253 Å². The second-order valence-electron chi connectivity index (χ2n) is 10.9. The molecule has 0 unspecified atom stereocenters. The zero-order chi connectivity index (χ0) is 30.6. The van der Waals surface area contributed by atoms with Crippen LogP contribution in [0.15, 0.2) is 30.3 Å². The van der Waals surface area contributed by atoms with Crippen molar-refractivity contribution in [2.45, 2.75) is 104 Å². The van der Waals surface area contributed by atoms with Crippen LogP contribution in [0.25, 0.3) is 0 Å². The number of unbranched alkanes of at least 4 members (excludes halogenated alkanes) is 11. The van der Waals surface area contributed by atoms with Crippen LogP contribution < -0.4 is 19.7 Å². The van der Waals surface area contributed by atoms with E-state index in [1.807, 2.05) is 32.0 Å². The zero-order valence-corrected chi connectivity index (χ0v) is 26.4.